The SMILES string of the molecule is CC(=O)c1cnccc1OCC(F)F. The van der Waals surface area contributed by atoms with Crippen LogP contribution >= 0.6 is 0 Å². The minimum atomic E-state index is -2.55. The maximum atomic E-state index is 11.8. The highest BCUT2D eigenvalue weighted by Crippen LogP contribution is 2.17. The van der Waals surface area contributed by atoms with Gasteiger partial charge in [0.2, 0.25) is 0 Å². The highest BCUT2D eigenvalue weighted by Gasteiger charge is 2.10. The highest BCUT2D eigenvalue weighted by atomic mass is 19.3. The molecule has 1 rings (SSSR count). The Morgan fingerprint density at radius 2 is 2.36 bits per heavy atom. The van der Waals surface area contributed by atoms with Gasteiger partial charge in [0.25, 0.3) is 6.43 Å². The smallest absolute Gasteiger partial charge is 0.272 e. The number of ether oxygens (including phenoxy) is 1. The van der Waals surface area contributed by atoms with Gasteiger partial charge in [-0.3, -0.25) is 9.78 Å². The molecule has 0 saturated carbocycles. The number of carbonyl (C=O) groups excluding carboxylic acids is 1. The van der Waals surface area contributed by atoms with Crippen LogP contribution in [0.5, 0.6) is 5.75 Å². The van der Waals surface area contributed by atoms with Gasteiger partial charge in [-0.05, 0) is 13.0 Å². The number of carbonyl (C=O) groups is 1. The lowest BCUT2D eigenvalue weighted by Crippen LogP contribution is -2.09. The number of halogens is 2. The van der Waals surface area contributed by atoms with Crippen LogP contribution in [-0.4, -0.2) is 23.8 Å². The molecule has 5 heteroatoms. The number of aromatic nitrogens is 1. The summed E-state index contributed by atoms with van der Waals surface area (Å²) in [6.45, 7) is 0.608. The van der Waals surface area contributed by atoms with E-state index in [2.05, 4.69) is 4.98 Å². The molecule has 0 aliphatic carbocycles. The van der Waals surface area contributed by atoms with Crippen molar-refractivity contribution in [2.45, 2.75) is 13.3 Å². The first-order valence-corrected chi connectivity index (χ1v) is 3.97. The summed E-state index contributed by atoms with van der Waals surface area (Å²) in [6, 6.07) is 1.39. The average molecular weight is 201 g/mol. The van der Waals surface area contributed by atoms with E-state index in [4.69, 9.17) is 4.74 Å². The molecule has 0 aliphatic rings. The number of Topliss-reactive ketones (excluding diaryl/α,β-unsaturated/α-hetero) is 1. The van der Waals surface area contributed by atoms with Gasteiger partial charge in [0.1, 0.15) is 12.4 Å². The number of rotatable bonds is 4. The lowest BCUT2D eigenvalue weighted by atomic mass is 10.2. The molecular weight excluding hydrogens is 192 g/mol. The van der Waals surface area contributed by atoms with E-state index < -0.39 is 13.0 Å². The molecule has 0 amide bonds. The fraction of sp³-hybridized carbons (Fsp3) is 0.333. The van der Waals surface area contributed by atoms with Crippen molar-refractivity contribution in [2.75, 3.05) is 6.61 Å². The minimum absolute atomic E-state index is 0.146. The number of hydrogen-bond donors (Lipinski definition) is 0. The van der Waals surface area contributed by atoms with Crippen LogP contribution in [0.3, 0.4) is 0 Å². The molecule has 1 aromatic heterocycles. The third-order valence-corrected chi connectivity index (χ3v) is 1.53. The molecule has 0 atom stereocenters. The summed E-state index contributed by atoms with van der Waals surface area (Å²) < 4.78 is 28.4. The van der Waals surface area contributed by atoms with Gasteiger partial charge in [-0.2, -0.15) is 0 Å². The first kappa shape index (κ1) is 10.6. The van der Waals surface area contributed by atoms with Crippen LogP contribution in [0.1, 0.15) is 17.3 Å². The lowest BCUT2D eigenvalue weighted by molar-refractivity contribution is 0.0801. The molecule has 1 heterocycles. The molecule has 0 aromatic carbocycles. The Bertz CT molecular complexity index is 328. The summed E-state index contributed by atoms with van der Waals surface area (Å²) >= 11 is 0. The molecule has 76 valence electrons. The van der Waals surface area contributed by atoms with Gasteiger partial charge in [0.05, 0.1) is 5.56 Å². The topological polar surface area (TPSA) is 39.2 Å². The normalized spacial score (nSPS) is 10.3. The van der Waals surface area contributed by atoms with Crippen molar-refractivity contribution >= 4 is 5.78 Å². The largest absolute Gasteiger partial charge is 0.487 e. The number of nitrogens with zero attached hydrogens (tertiary/aromatic N) is 1. The van der Waals surface area contributed by atoms with E-state index in [-0.39, 0.29) is 17.1 Å². The van der Waals surface area contributed by atoms with Gasteiger partial charge in [0, 0.05) is 12.4 Å². The number of hydrogen-bond acceptors (Lipinski definition) is 3. The Morgan fingerprint density at radius 1 is 1.64 bits per heavy atom. The Hall–Kier alpha value is -1.52. The second kappa shape index (κ2) is 4.64. The molecule has 0 bridgehead atoms. The molecule has 0 aliphatic heterocycles. The van der Waals surface area contributed by atoms with Crippen molar-refractivity contribution in [1.29, 1.82) is 0 Å². The Kier molecular flexibility index (Phi) is 3.50. The van der Waals surface area contributed by atoms with Crippen molar-refractivity contribution in [2.24, 2.45) is 0 Å². The van der Waals surface area contributed by atoms with Crippen molar-refractivity contribution in [1.82, 2.24) is 4.98 Å². The first-order chi connectivity index (χ1) is 6.61. The summed E-state index contributed by atoms with van der Waals surface area (Å²) in [5, 5.41) is 0. The van der Waals surface area contributed by atoms with Gasteiger partial charge in [-0.25, -0.2) is 8.78 Å². The Balaban J connectivity index is 2.79. The Labute approximate surface area is 79.7 Å². The summed E-state index contributed by atoms with van der Waals surface area (Å²) in [5.41, 5.74) is 0.216. The molecule has 0 spiro atoms. The molecule has 0 fully saturated rings. The van der Waals surface area contributed by atoms with Crippen molar-refractivity contribution in [3.05, 3.63) is 24.0 Å². The van der Waals surface area contributed by atoms with E-state index >= 15 is 0 Å². The molecular formula is C9H9F2NO2. The first-order valence-electron chi connectivity index (χ1n) is 3.97. The van der Waals surface area contributed by atoms with Gasteiger partial charge in [-0.1, -0.05) is 0 Å². The molecule has 14 heavy (non-hydrogen) atoms. The van der Waals surface area contributed by atoms with Gasteiger partial charge >= 0.3 is 0 Å². The van der Waals surface area contributed by atoms with Crippen LogP contribution in [0, 0.1) is 0 Å². The van der Waals surface area contributed by atoms with E-state index in [1.54, 1.807) is 0 Å². The van der Waals surface area contributed by atoms with Crippen molar-refractivity contribution in [3.63, 3.8) is 0 Å². The zero-order valence-corrected chi connectivity index (χ0v) is 7.54. The molecule has 3 nitrogen and oxygen atoms in total. The van der Waals surface area contributed by atoms with Gasteiger partial charge in [0.15, 0.2) is 5.78 Å². The van der Waals surface area contributed by atoms with E-state index in [9.17, 15) is 13.6 Å². The fourth-order valence-corrected chi connectivity index (χ4v) is 0.925. The maximum Gasteiger partial charge on any atom is 0.272 e. The van der Waals surface area contributed by atoms with E-state index in [0.717, 1.165) is 0 Å². The average Bonchev–Trinajstić information content (AvgIpc) is 2.15. The standard InChI is InChI=1S/C9H9F2NO2/c1-6(13)7-4-12-3-2-8(7)14-5-9(10)11/h2-4,9H,5H2,1H3. The molecule has 0 unspecified atom stereocenters. The van der Waals surface area contributed by atoms with E-state index in [1.807, 2.05) is 0 Å². The number of ketones is 1. The quantitative estimate of drug-likeness (QED) is 0.698. The molecule has 1 aromatic rings. The predicted molar refractivity (Wildman–Crippen MR) is 45.7 cm³/mol. The molecule has 0 N–H and O–H groups in total. The second-order valence-electron chi connectivity index (χ2n) is 2.63. The Morgan fingerprint density at radius 3 is 2.93 bits per heavy atom. The number of alkyl halides is 2. The van der Waals surface area contributed by atoms with E-state index in [1.165, 1.54) is 25.4 Å². The van der Waals surface area contributed by atoms with Crippen LogP contribution in [0.2, 0.25) is 0 Å². The third-order valence-electron chi connectivity index (χ3n) is 1.53. The van der Waals surface area contributed by atoms with Crippen LogP contribution in [0.15, 0.2) is 18.5 Å². The zero-order chi connectivity index (χ0) is 10.6. The summed E-state index contributed by atoms with van der Waals surface area (Å²) in [6.07, 6.45) is 0.124. The number of pyridine rings is 1. The lowest BCUT2D eigenvalue weighted by Gasteiger charge is -2.07. The van der Waals surface area contributed by atoms with Crippen molar-refractivity contribution in [3.8, 4) is 5.75 Å². The summed E-state index contributed by atoms with van der Waals surface area (Å²) in [4.78, 5) is 14.7. The maximum absolute atomic E-state index is 11.8. The van der Waals surface area contributed by atoms with Crippen LogP contribution in [0.25, 0.3) is 0 Å². The fourth-order valence-electron chi connectivity index (χ4n) is 0.925. The summed E-state index contributed by atoms with van der Waals surface area (Å²) in [5.74, 6) is -0.116. The van der Waals surface area contributed by atoms with Crippen molar-refractivity contribution < 1.29 is 18.3 Å². The zero-order valence-electron chi connectivity index (χ0n) is 7.54. The molecule has 0 saturated heterocycles. The molecule has 0 radical (unpaired) electrons. The minimum Gasteiger partial charge on any atom is -0.487 e. The third kappa shape index (κ3) is 2.76. The second-order valence-corrected chi connectivity index (χ2v) is 2.63. The predicted octanol–water partition coefficient (Wildman–Crippen LogP) is 1.93. The van der Waals surface area contributed by atoms with Gasteiger partial charge < -0.3 is 4.74 Å². The van der Waals surface area contributed by atoms with Crippen LogP contribution in [-0.2, 0) is 0 Å². The van der Waals surface area contributed by atoms with Crippen LogP contribution in [0.4, 0.5) is 8.78 Å². The summed E-state index contributed by atoms with van der Waals surface area (Å²) in [7, 11) is 0. The monoisotopic (exact) mass is 201 g/mol. The highest BCUT2D eigenvalue weighted by molar-refractivity contribution is 5.96. The van der Waals surface area contributed by atoms with Gasteiger partial charge in [-0.15, -0.1) is 0 Å². The van der Waals surface area contributed by atoms with E-state index in [0.29, 0.717) is 0 Å². The van der Waals surface area contributed by atoms with Crippen LogP contribution < -0.4 is 4.74 Å².